The molecule has 0 aliphatic heterocycles. The van der Waals surface area contributed by atoms with Crippen LogP contribution in [-0.4, -0.2) is 10.2 Å². The Morgan fingerprint density at radius 2 is 1.93 bits per heavy atom. The molecule has 0 aliphatic carbocycles. The fourth-order valence-corrected chi connectivity index (χ4v) is 1.21. The number of hydrogen-bond acceptors (Lipinski definition) is 3. The maximum Gasteiger partial charge on any atom is 0.153 e. The summed E-state index contributed by atoms with van der Waals surface area (Å²) in [6.07, 6.45) is 2.96. The van der Waals surface area contributed by atoms with Gasteiger partial charge in [-0.15, -0.1) is 5.10 Å². The van der Waals surface area contributed by atoms with Gasteiger partial charge in [-0.1, -0.05) is 38.0 Å². The number of anilines is 1. The van der Waals surface area contributed by atoms with Crippen molar-refractivity contribution in [3.05, 3.63) is 30.0 Å². The molecule has 0 saturated carbocycles. The van der Waals surface area contributed by atoms with Gasteiger partial charge in [-0.05, 0) is 13.0 Å². The van der Waals surface area contributed by atoms with E-state index < -0.39 is 0 Å². The Bertz CT molecular complexity index is 438. The van der Waals surface area contributed by atoms with E-state index in [0.29, 0.717) is 5.82 Å². The molecule has 0 spiro atoms. The Morgan fingerprint density at radius 3 is 2.60 bits per heavy atom. The lowest BCUT2D eigenvalue weighted by Gasteiger charge is -1.99. The van der Waals surface area contributed by atoms with E-state index in [0.717, 1.165) is 10.8 Å². The molecule has 2 rings (SSSR count). The summed E-state index contributed by atoms with van der Waals surface area (Å²) in [5.74, 6) is 0.496. The van der Waals surface area contributed by atoms with Crippen LogP contribution in [0.5, 0.6) is 0 Å². The first kappa shape index (κ1) is 11.4. The van der Waals surface area contributed by atoms with Crippen molar-refractivity contribution in [2.24, 2.45) is 0 Å². The fourth-order valence-electron chi connectivity index (χ4n) is 1.21. The topological polar surface area (TPSA) is 51.8 Å². The third-order valence-corrected chi connectivity index (χ3v) is 1.85. The molecule has 3 nitrogen and oxygen atoms in total. The van der Waals surface area contributed by atoms with E-state index in [1.54, 1.807) is 6.20 Å². The zero-order chi connectivity index (χ0) is 11.3. The largest absolute Gasteiger partial charge is 0.382 e. The zero-order valence-corrected chi connectivity index (χ0v) is 9.49. The summed E-state index contributed by atoms with van der Waals surface area (Å²) in [5.41, 5.74) is 6.83. The van der Waals surface area contributed by atoms with E-state index in [4.69, 9.17) is 5.73 Å². The third-order valence-electron chi connectivity index (χ3n) is 1.85. The molecule has 0 saturated heterocycles. The molecular formula is C12H17N3. The Labute approximate surface area is 90.3 Å². The van der Waals surface area contributed by atoms with Crippen molar-refractivity contribution < 1.29 is 0 Å². The summed E-state index contributed by atoms with van der Waals surface area (Å²) < 4.78 is 0. The van der Waals surface area contributed by atoms with Crippen LogP contribution in [0.4, 0.5) is 5.82 Å². The highest BCUT2D eigenvalue weighted by Gasteiger charge is 1.98. The van der Waals surface area contributed by atoms with Crippen LogP contribution in [0.2, 0.25) is 0 Å². The van der Waals surface area contributed by atoms with Crippen LogP contribution in [-0.2, 0) is 0 Å². The van der Waals surface area contributed by atoms with Crippen LogP contribution in [0.3, 0.4) is 0 Å². The van der Waals surface area contributed by atoms with Crippen molar-refractivity contribution >= 4 is 16.6 Å². The SMILES string of the molecule is CCC.Cc1ccc2cnnc(N)c2c1. The van der Waals surface area contributed by atoms with Gasteiger partial charge in [0.2, 0.25) is 0 Å². The molecule has 15 heavy (non-hydrogen) atoms. The molecule has 3 heteroatoms. The zero-order valence-electron chi connectivity index (χ0n) is 9.49. The summed E-state index contributed by atoms with van der Waals surface area (Å²) in [7, 11) is 0. The molecule has 2 aromatic rings. The summed E-state index contributed by atoms with van der Waals surface area (Å²) in [4.78, 5) is 0. The van der Waals surface area contributed by atoms with Crippen LogP contribution in [0.15, 0.2) is 24.4 Å². The maximum atomic E-state index is 5.65. The highest BCUT2D eigenvalue weighted by Crippen LogP contribution is 2.18. The lowest BCUT2D eigenvalue weighted by atomic mass is 10.1. The smallest absolute Gasteiger partial charge is 0.153 e. The first-order valence-corrected chi connectivity index (χ1v) is 5.16. The van der Waals surface area contributed by atoms with Gasteiger partial charge in [0, 0.05) is 10.8 Å². The van der Waals surface area contributed by atoms with Gasteiger partial charge >= 0.3 is 0 Å². The van der Waals surface area contributed by atoms with Gasteiger partial charge in [-0.25, -0.2) is 0 Å². The van der Waals surface area contributed by atoms with Gasteiger partial charge < -0.3 is 5.73 Å². The number of benzene rings is 1. The summed E-state index contributed by atoms with van der Waals surface area (Å²) in [6.45, 7) is 6.28. The summed E-state index contributed by atoms with van der Waals surface area (Å²) >= 11 is 0. The summed E-state index contributed by atoms with van der Waals surface area (Å²) in [5, 5.41) is 9.56. The van der Waals surface area contributed by atoms with Crippen LogP contribution >= 0.6 is 0 Å². The number of hydrogen-bond donors (Lipinski definition) is 1. The quantitative estimate of drug-likeness (QED) is 0.716. The molecule has 2 N–H and O–H groups in total. The minimum absolute atomic E-state index is 0.496. The first-order valence-electron chi connectivity index (χ1n) is 5.16. The highest BCUT2D eigenvalue weighted by atomic mass is 15.1. The molecule has 1 heterocycles. The number of aromatic nitrogens is 2. The molecule has 0 amide bonds. The monoisotopic (exact) mass is 203 g/mol. The molecule has 80 valence electrons. The van der Waals surface area contributed by atoms with Crippen LogP contribution in [0.25, 0.3) is 10.8 Å². The number of nitrogen functional groups attached to an aromatic ring is 1. The molecule has 0 fully saturated rings. The Balaban J connectivity index is 0.000000337. The van der Waals surface area contributed by atoms with Crippen molar-refractivity contribution in [3.63, 3.8) is 0 Å². The van der Waals surface area contributed by atoms with E-state index >= 15 is 0 Å². The average molecular weight is 203 g/mol. The molecule has 0 aliphatic rings. The third kappa shape index (κ3) is 2.91. The van der Waals surface area contributed by atoms with Gasteiger partial charge in [0.15, 0.2) is 5.82 Å². The number of rotatable bonds is 0. The second-order valence-corrected chi connectivity index (χ2v) is 3.53. The predicted octanol–water partition coefficient (Wildman–Crippen LogP) is 2.94. The van der Waals surface area contributed by atoms with E-state index in [9.17, 15) is 0 Å². The lowest BCUT2D eigenvalue weighted by molar-refractivity contribution is 1.06. The standard InChI is InChI=1S/C9H9N3.C3H8/c1-6-2-3-7-5-11-12-9(10)8(7)4-6;1-3-2/h2-5H,1H3,(H2,10,12);3H2,1-2H3. The highest BCUT2D eigenvalue weighted by molar-refractivity contribution is 5.90. The van der Waals surface area contributed by atoms with Gasteiger partial charge in [0.05, 0.1) is 6.20 Å². The Kier molecular flexibility index (Phi) is 4.03. The minimum atomic E-state index is 0.496. The number of nitrogens with two attached hydrogens (primary N) is 1. The first-order chi connectivity index (χ1) is 7.19. The van der Waals surface area contributed by atoms with Crippen LogP contribution in [0, 0.1) is 6.92 Å². The average Bonchev–Trinajstić information content (AvgIpc) is 2.21. The molecule has 1 aromatic carbocycles. The number of fused-ring (bicyclic) bond motifs is 1. The van der Waals surface area contributed by atoms with E-state index in [1.165, 1.54) is 12.0 Å². The molecule has 1 aromatic heterocycles. The van der Waals surface area contributed by atoms with Crippen LogP contribution < -0.4 is 5.73 Å². The Hall–Kier alpha value is -1.64. The fraction of sp³-hybridized carbons (Fsp3) is 0.333. The van der Waals surface area contributed by atoms with Gasteiger partial charge in [-0.3, -0.25) is 0 Å². The van der Waals surface area contributed by atoms with Gasteiger partial charge in [0.1, 0.15) is 0 Å². The molecule has 0 radical (unpaired) electrons. The second kappa shape index (κ2) is 5.29. The lowest BCUT2D eigenvalue weighted by Crippen LogP contribution is -1.93. The predicted molar refractivity (Wildman–Crippen MR) is 64.7 cm³/mol. The van der Waals surface area contributed by atoms with Crippen molar-refractivity contribution in [2.45, 2.75) is 27.2 Å². The van der Waals surface area contributed by atoms with Crippen molar-refractivity contribution in [1.82, 2.24) is 10.2 Å². The van der Waals surface area contributed by atoms with E-state index in [1.807, 2.05) is 25.1 Å². The van der Waals surface area contributed by atoms with Gasteiger partial charge in [0.25, 0.3) is 0 Å². The van der Waals surface area contributed by atoms with E-state index in [2.05, 4.69) is 24.0 Å². The van der Waals surface area contributed by atoms with Crippen LogP contribution in [0.1, 0.15) is 25.8 Å². The van der Waals surface area contributed by atoms with Crippen molar-refractivity contribution in [3.8, 4) is 0 Å². The Morgan fingerprint density at radius 1 is 1.27 bits per heavy atom. The minimum Gasteiger partial charge on any atom is -0.382 e. The maximum absolute atomic E-state index is 5.65. The summed E-state index contributed by atoms with van der Waals surface area (Å²) in [6, 6.07) is 6.04. The molecule has 0 bridgehead atoms. The van der Waals surface area contributed by atoms with Crippen molar-refractivity contribution in [2.75, 3.05) is 5.73 Å². The molecular weight excluding hydrogens is 186 g/mol. The van der Waals surface area contributed by atoms with Gasteiger partial charge in [-0.2, -0.15) is 5.10 Å². The van der Waals surface area contributed by atoms with Crippen molar-refractivity contribution in [1.29, 1.82) is 0 Å². The number of aryl methyl sites for hydroxylation is 1. The van der Waals surface area contributed by atoms with E-state index in [-0.39, 0.29) is 0 Å². The number of nitrogens with zero attached hydrogens (tertiary/aromatic N) is 2. The normalized spacial score (nSPS) is 9.53. The molecule has 0 unspecified atom stereocenters. The second-order valence-electron chi connectivity index (χ2n) is 3.53. The molecule has 0 atom stereocenters.